The first-order chi connectivity index (χ1) is 17.3. The van der Waals surface area contributed by atoms with Crippen molar-refractivity contribution >= 4 is 11.6 Å². The van der Waals surface area contributed by atoms with Crippen LogP contribution in [0.5, 0.6) is 0 Å². The molecule has 2 aliphatic rings. The third-order valence-electron chi connectivity index (χ3n) is 7.00. The fraction of sp³-hybridized carbons (Fsp3) is 0.444. The average Bonchev–Trinajstić information content (AvgIpc) is 3.52. The van der Waals surface area contributed by atoms with E-state index in [0.29, 0.717) is 23.8 Å². The molecule has 1 aromatic carbocycles. The highest BCUT2D eigenvalue weighted by Gasteiger charge is 2.30. The van der Waals surface area contributed by atoms with Crippen LogP contribution in [-0.4, -0.2) is 63.0 Å². The maximum Gasteiger partial charge on any atom is 0.254 e. The van der Waals surface area contributed by atoms with Gasteiger partial charge in [-0.05, 0) is 63.8 Å². The Hall–Kier alpha value is -3.33. The van der Waals surface area contributed by atoms with Crippen molar-refractivity contribution in [1.82, 2.24) is 25.0 Å². The van der Waals surface area contributed by atoms with Gasteiger partial charge in [0.2, 0.25) is 0 Å². The Morgan fingerprint density at radius 2 is 1.92 bits per heavy atom. The van der Waals surface area contributed by atoms with Crippen molar-refractivity contribution in [2.45, 2.75) is 64.3 Å². The molecule has 3 aromatic rings. The van der Waals surface area contributed by atoms with Crippen LogP contribution in [0, 0.1) is 12.7 Å². The summed E-state index contributed by atoms with van der Waals surface area (Å²) in [5, 5.41) is 10.6. The number of aryl methyl sites for hydroxylation is 1. The molecule has 190 valence electrons. The van der Waals surface area contributed by atoms with Crippen molar-refractivity contribution in [3.05, 3.63) is 59.9 Å². The standard InChI is InChI=1S/C27H32F2N6O/c1-16(2)34-7-6-25(24(29)15-34)32-21-9-18(11-30-13-21)19-12-31-35(14-19)26-10-22(23(28)8-17(26)3)27(36)33-20-4-5-20/h8-14,16,20,24-25,32H,4-7,15H2,1-3H3,(H,33,36). The van der Waals surface area contributed by atoms with E-state index < -0.39 is 17.9 Å². The molecule has 3 heterocycles. The molecule has 1 saturated heterocycles. The number of halogens is 2. The zero-order chi connectivity index (χ0) is 25.4. The number of hydrogen-bond acceptors (Lipinski definition) is 5. The molecule has 2 N–H and O–H groups in total. The molecule has 0 bridgehead atoms. The largest absolute Gasteiger partial charge is 0.378 e. The van der Waals surface area contributed by atoms with E-state index in [1.807, 2.05) is 12.3 Å². The molecule has 5 rings (SSSR count). The molecule has 1 amide bonds. The maximum atomic E-state index is 14.8. The first kappa shape index (κ1) is 24.4. The number of piperidine rings is 1. The lowest BCUT2D eigenvalue weighted by Crippen LogP contribution is -2.50. The van der Waals surface area contributed by atoms with Crippen molar-refractivity contribution in [2.75, 3.05) is 18.4 Å². The van der Waals surface area contributed by atoms with Gasteiger partial charge in [0.15, 0.2) is 0 Å². The third-order valence-corrected chi connectivity index (χ3v) is 7.00. The Morgan fingerprint density at radius 3 is 2.64 bits per heavy atom. The zero-order valence-electron chi connectivity index (χ0n) is 20.8. The molecule has 9 heteroatoms. The van der Waals surface area contributed by atoms with Crippen LogP contribution in [0.4, 0.5) is 14.5 Å². The number of amides is 1. The minimum atomic E-state index is -0.958. The van der Waals surface area contributed by atoms with Crippen molar-refractivity contribution in [3.8, 4) is 16.8 Å². The second-order valence-electron chi connectivity index (χ2n) is 10.1. The number of alkyl halides is 1. The highest BCUT2D eigenvalue weighted by atomic mass is 19.1. The lowest BCUT2D eigenvalue weighted by atomic mass is 10.0. The summed E-state index contributed by atoms with van der Waals surface area (Å²) in [5.41, 5.74) is 3.70. The molecule has 1 aliphatic carbocycles. The number of pyridine rings is 1. The molecule has 2 unspecified atom stereocenters. The molecule has 0 spiro atoms. The summed E-state index contributed by atoms with van der Waals surface area (Å²) in [5.74, 6) is -0.952. The fourth-order valence-corrected chi connectivity index (χ4v) is 4.63. The van der Waals surface area contributed by atoms with E-state index in [4.69, 9.17) is 0 Å². The summed E-state index contributed by atoms with van der Waals surface area (Å²) >= 11 is 0. The van der Waals surface area contributed by atoms with Crippen LogP contribution in [0.3, 0.4) is 0 Å². The Bertz CT molecular complexity index is 1250. The topological polar surface area (TPSA) is 75.1 Å². The van der Waals surface area contributed by atoms with E-state index >= 15 is 0 Å². The van der Waals surface area contributed by atoms with Crippen LogP contribution in [-0.2, 0) is 0 Å². The molecule has 36 heavy (non-hydrogen) atoms. The number of carbonyl (C=O) groups is 1. The molecule has 2 atom stereocenters. The van der Waals surface area contributed by atoms with Gasteiger partial charge in [-0.2, -0.15) is 5.10 Å². The first-order valence-corrected chi connectivity index (χ1v) is 12.5. The summed E-state index contributed by atoms with van der Waals surface area (Å²) < 4.78 is 31.0. The van der Waals surface area contributed by atoms with Crippen molar-refractivity contribution < 1.29 is 13.6 Å². The molecular formula is C27H32F2N6O. The number of anilines is 1. The summed E-state index contributed by atoms with van der Waals surface area (Å²) in [7, 11) is 0. The van der Waals surface area contributed by atoms with Gasteiger partial charge in [-0.1, -0.05) is 0 Å². The predicted octanol–water partition coefficient (Wildman–Crippen LogP) is 4.51. The van der Waals surface area contributed by atoms with Crippen molar-refractivity contribution in [2.24, 2.45) is 0 Å². The molecular weight excluding hydrogens is 462 g/mol. The number of carbonyl (C=O) groups excluding carboxylic acids is 1. The molecule has 1 aliphatic heterocycles. The van der Waals surface area contributed by atoms with E-state index in [9.17, 15) is 13.6 Å². The lowest BCUT2D eigenvalue weighted by Gasteiger charge is -2.37. The lowest BCUT2D eigenvalue weighted by molar-refractivity contribution is 0.0947. The quantitative estimate of drug-likeness (QED) is 0.506. The van der Waals surface area contributed by atoms with Gasteiger partial charge in [0.25, 0.3) is 5.91 Å². The van der Waals surface area contributed by atoms with Gasteiger partial charge < -0.3 is 10.6 Å². The number of aromatic nitrogens is 3. The fourth-order valence-electron chi connectivity index (χ4n) is 4.63. The van der Waals surface area contributed by atoms with Crippen LogP contribution >= 0.6 is 0 Å². The minimum absolute atomic E-state index is 0.0108. The number of nitrogens with one attached hydrogen (secondary N) is 2. The normalized spacial score (nSPS) is 20.5. The molecule has 2 fully saturated rings. The summed E-state index contributed by atoms with van der Waals surface area (Å²) in [6.45, 7) is 7.24. The molecule has 7 nitrogen and oxygen atoms in total. The van der Waals surface area contributed by atoms with Crippen LogP contribution in [0.15, 0.2) is 43.0 Å². The number of benzene rings is 1. The number of hydrogen-bond donors (Lipinski definition) is 2. The summed E-state index contributed by atoms with van der Waals surface area (Å²) in [4.78, 5) is 19.0. The first-order valence-electron chi connectivity index (χ1n) is 12.5. The zero-order valence-corrected chi connectivity index (χ0v) is 20.8. The Morgan fingerprint density at radius 1 is 1.11 bits per heavy atom. The Kier molecular flexibility index (Phi) is 6.75. The maximum absolute atomic E-state index is 14.8. The van der Waals surface area contributed by atoms with Gasteiger partial charge in [-0.25, -0.2) is 13.5 Å². The number of likely N-dealkylation sites (tertiary alicyclic amines) is 1. The second-order valence-corrected chi connectivity index (χ2v) is 10.1. The Balaban J connectivity index is 1.33. The SMILES string of the molecule is Cc1cc(F)c(C(=O)NC2CC2)cc1-n1cc(-c2cncc(NC3CCN(C(C)C)CC3F)c2)cn1. The van der Waals surface area contributed by atoms with E-state index in [0.717, 1.165) is 42.6 Å². The van der Waals surface area contributed by atoms with Gasteiger partial charge in [0.1, 0.15) is 12.0 Å². The van der Waals surface area contributed by atoms with E-state index in [1.54, 1.807) is 36.3 Å². The number of rotatable bonds is 7. The summed E-state index contributed by atoms with van der Waals surface area (Å²) in [6, 6.07) is 5.05. The van der Waals surface area contributed by atoms with Gasteiger partial charge in [-0.3, -0.25) is 14.7 Å². The van der Waals surface area contributed by atoms with Crippen LogP contribution in [0.1, 0.15) is 49.0 Å². The van der Waals surface area contributed by atoms with Crippen molar-refractivity contribution in [3.63, 3.8) is 0 Å². The Labute approximate surface area is 209 Å². The highest BCUT2D eigenvalue weighted by molar-refractivity contribution is 5.95. The van der Waals surface area contributed by atoms with E-state index in [-0.39, 0.29) is 17.6 Å². The average molecular weight is 495 g/mol. The van der Waals surface area contributed by atoms with Crippen LogP contribution < -0.4 is 10.6 Å². The monoisotopic (exact) mass is 494 g/mol. The van der Waals surface area contributed by atoms with Crippen LogP contribution in [0.25, 0.3) is 16.8 Å². The van der Waals surface area contributed by atoms with E-state index in [2.05, 4.69) is 39.5 Å². The van der Waals surface area contributed by atoms with Gasteiger partial charge in [0, 0.05) is 54.9 Å². The second kappa shape index (κ2) is 9.97. The predicted molar refractivity (Wildman–Crippen MR) is 136 cm³/mol. The molecule has 1 saturated carbocycles. The summed E-state index contributed by atoms with van der Waals surface area (Å²) in [6.07, 6.45) is 8.58. The van der Waals surface area contributed by atoms with Gasteiger partial charge in [-0.15, -0.1) is 0 Å². The number of nitrogens with zero attached hydrogens (tertiary/aromatic N) is 4. The van der Waals surface area contributed by atoms with Gasteiger partial charge in [0.05, 0.1) is 29.2 Å². The third kappa shape index (κ3) is 5.26. The highest BCUT2D eigenvalue weighted by Crippen LogP contribution is 2.27. The van der Waals surface area contributed by atoms with Gasteiger partial charge >= 0.3 is 0 Å². The van der Waals surface area contributed by atoms with Crippen LogP contribution in [0.2, 0.25) is 0 Å². The van der Waals surface area contributed by atoms with E-state index in [1.165, 1.54) is 6.07 Å². The smallest absolute Gasteiger partial charge is 0.254 e. The molecule has 0 radical (unpaired) electrons. The minimum Gasteiger partial charge on any atom is -0.378 e. The molecule has 2 aromatic heterocycles. The van der Waals surface area contributed by atoms with Crippen molar-refractivity contribution in [1.29, 1.82) is 0 Å².